The summed E-state index contributed by atoms with van der Waals surface area (Å²) in [6.07, 6.45) is 0. The molecule has 0 aromatic heterocycles. The topological polar surface area (TPSA) is 145 Å². The molecule has 0 spiro atoms. The molecule has 0 bridgehead atoms. The van der Waals surface area contributed by atoms with Crippen LogP contribution in [0.15, 0.2) is 60.7 Å². The molecule has 3 aromatic carbocycles. The molecule has 1 aliphatic rings. The van der Waals surface area contributed by atoms with Crippen LogP contribution in [0.4, 0.5) is 11.4 Å². The first-order valence-corrected chi connectivity index (χ1v) is 10.5. The van der Waals surface area contributed by atoms with Gasteiger partial charge in [-0.15, -0.1) is 0 Å². The number of fused-ring (bicyclic) bond motifs is 1. The van der Waals surface area contributed by atoms with Gasteiger partial charge in [0.25, 0.3) is 23.2 Å². The van der Waals surface area contributed by atoms with E-state index in [4.69, 9.17) is 4.74 Å². The lowest BCUT2D eigenvalue weighted by Crippen LogP contribution is -2.25. The normalized spacial score (nSPS) is 12.1. The third-order valence-corrected chi connectivity index (χ3v) is 5.66. The number of hydrogen-bond donors (Lipinski definition) is 1. The lowest BCUT2D eigenvalue weighted by atomic mass is 10.1. The van der Waals surface area contributed by atoms with Gasteiger partial charge in [0.2, 0.25) is 0 Å². The average molecular weight is 476 g/mol. The molecule has 4 rings (SSSR count). The van der Waals surface area contributed by atoms with Crippen LogP contribution in [-0.4, -0.2) is 33.7 Å². The molecule has 0 saturated heterocycles. The molecule has 1 aliphatic heterocycles. The van der Waals surface area contributed by atoms with Crippen LogP contribution in [0.5, 0.6) is 5.75 Å². The lowest BCUT2D eigenvalue weighted by molar-refractivity contribution is -0.394. The third kappa shape index (κ3) is 5.08. The molecule has 0 fully saturated rings. The number of nitro benzene ring substituents is 2. The van der Waals surface area contributed by atoms with E-state index in [0.29, 0.717) is 24.4 Å². The smallest absolute Gasteiger partial charge is 0.277 e. The van der Waals surface area contributed by atoms with Crippen molar-refractivity contribution in [3.05, 3.63) is 109 Å². The van der Waals surface area contributed by atoms with Gasteiger partial charge in [-0.25, -0.2) is 0 Å². The summed E-state index contributed by atoms with van der Waals surface area (Å²) < 4.78 is 5.12. The van der Waals surface area contributed by atoms with Crippen molar-refractivity contribution < 1.29 is 24.2 Å². The Kier molecular flexibility index (Phi) is 6.40. The molecule has 178 valence electrons. The summed E-state index contributed by atoms with van der Waals surface area (Å²) in [5.74, 6) is -0.114. The maximum atomic E-state index is 12.9. The first-order chi connectivity index (χ1) is 16.7. The van der Waals surface area contributed by atoms with Gasteiger partial charge in [0.1, 0.15) is 5.75 Å². The summed E-state index contributed by atoms with van der Waals surface area (Å²) in [6, 6.07) is 15.3. The van der Waals surface area contributed by atoms with E-state index in [9.17, 15) is 29.8 Å². The number of amides is 2. The maximum absolute atomic E-state index is 12.9. The molecule has 1 heterocycles. The molecule has 2 amide bonds. The second kappa shape index (κ2) is 9.59. The predicted molar refractivity (Wildman–Crippen MR) is 124 cm³/mol. The Morgan fingerprint density at radius 3 is 2.11 bits per heavy atom. The number of nitrogens with zero attached hydrogens (tertiary/aromatic N) is 3. The van der Waals surface area contributed by atoms with Crippen molar-refractivity contribution in [2.75, 3.05) is 7.11 Å². The van der Waals surface area contributed by atoms with Crippen LogP contribution in [0.2, 0.25) is 0 Å². The molecule has 0 atom stereocenters. The average Bonchev–Trinajstić information content (AvgIpc) is 3.30. The van der Waals surface area contributed by atoms with E-state index >= 15 is 0 Å². The molecule has 35 heavy (non-hydrogen) atoms. The number of benzene rings is 3. The van der Waals surface area contributed by atoms with Gasteiger partial charge in [0.15, 0.2) is 0 Å². The van der Waals surface area contributed by atoms with E-state index in [2.05, 4.69) is 5.32 Å². The quantitative estimate of drug-likeness (QED) is 0.405. The van der Waals surface area contributed by atoms with E-state index in [1.54, 1.807) is 36.3 Å². The Morgan fingerprint density at radius 1 is 0.886 bits per heavy atom. The molecule has 0 aliphatic carbocycles. The van der Waals surface area contributed by atoms with E-state index in [1.165, 1.54) is 0 Å². The van der Waals surface area contributed by atoms with Crippen LogP contribution >= 0.6 is 0 Å². The van der Waals surface area contributed by atoms with E-state index in [-0.39, 0.29) is 18.0 Å². The highest BCUT2D eigenvalue weighted by molar-refractivity contribution is 5.96. The van der Waals surface area contributed by atoms with Gasteiger partial charge in [0.05, 0.1) is 28.6 Å². The number of nitro groups is 2. The fourth-order valence-electron chi connectivity index (χ4n) is 3.84. The summed E-state index contributed by atoms with van der Waals surface area (Å²) in [7, 11) is 1.56. The first-order valence-electron chi connectivity index (χ1n) is 10.5. The zero-order chi connectivity index (χ0) is 25.1. The summed E-state index contributed by atoms with van der Waals surface area (Å²) in [4.78, 5) is 47.6. The van der Waals surface area contributed by atoms with Gasteiger partial charge < -0.3 is 15.0 Å². The number of rotatable bonds is 7. The second-order valence-corrected chi connectivity index (χ2v) is 7.93. The SMILES string of the molecule is COc1ccc(C(=O)N2Cc3ccc(CNC(=O)c4cc([N+](=O)[O-])cc([N+](=O)[O-])c4)cc3C2)cc1. The highest BCUT2D eigenvalue weighted by atomic mass is 16.6. The van der Waals surface area contributed by atoms with Crippen LogP contribution < -0.4 is 10.1 Å². The number of nitrogens with one attached hydrogen (secondary N) is 1. The number of carbonyl (C=O) groups is 2. The third-order valence-electron chi connectivity index (χ3n) is 5.66. The predicted octanol–water partition coefficient (Wildman–Crippen LogP) is 3.60. The van der Waals surface area contributed by atoms with Crippen LogP contribution in [0.3, 0.4) is 0 Å². The second-order valence-electron chi connectivity index (χ2n) is 7.93. The Hall–Kier alpha value is -4.80. The number of carbonyl (C=O) groups excluding carboxylic acids is 2. The highest BCUT2D eigenvalue weighted by Gasteiger charge is 2.25. The van der Waals surface area contributed by atoms with Gasteiger partial charge >= 0.3 is 0 Å². The molecule has 11 nitrogen and oxygen atoms in total. The van der Waals surface area contributed by atoms with Gasteiger partial charge in [-0.05, 0) is 41.0 Å². The van der Waals surface area contributed by atoms with Gasteiger partial charge in [-0.1, -0.05) is 18.2 Å². The molecule has 1 N–H and O–H groups in total. The summed E-state index contributed by atoms with van der Waals surface area (Å²) in [5.41, 5.74) is 2.00. The minimum atomic E-state index is -0.788. The fraction of sp³-hybridized carbons (Fsp3) is 0.167. The van der Waals surface area contributed by atoms with Gasteiger partial charge in [-0.3, -0.25) is 29.8 Å². The molecular formula is C24H20N4O7. The van der Waals surface area contributed by atoms with Crippen molar-refractivity contribution in [2.45, 2.75) is 19.6 Å². The number of non-ortho nitro benzene ring substituents is 2. The Labute approximate surface area is 199 Å². The number of ether oxygens (including phenoxy) is 1. The molecule has 11 heteroatoms. The van der Waals surface area contributed by atoms with Crippen molar-refractivity contribution in [1.82, 2.24) is 10.2 Å². The highest BCUT2D eigenvalue weighted by Crippen LogP contribution is 2.26. The van der Waals surface area contributed by atoms with E-state index < -0.39 is 27.1 Å². The van der Waals surface area contributed by atoms with Crippen molar-refractivity contribution in [2.24, 2.45) is 0 Å². The lowest BCUT2D eigenvalue weighted by Gasteiger charge is -2.15. The van der Waals surface area contributed by atoms with Gasteiger partial charge in [-0.2, -0.15) is 0 Å². The molecule has 3 aromatic rings. The van der Waals surface area contributed by atoms with Crippen molar-refractivity contribution >= 4 is 23.2 Å². The van der Waals surface area contributed by atoms with Crippen LogP contribution in [0.1, 0.15) is 37.4 Å². The van der Waals surface area contributed by atoms with Crippen LogP contribution in [-0.2, 0) is 19.6 Å². The molecule has 0 unspecified atom stereocenters. The van der Waals surface area contributed by atoms with E-state index in [1.807, 2.05) is 18.2 Å². The largest absolute Gasteiger partial charge is 0.497 e. The summed E-state index contributed by atoms with van der Waals surface area (Å²) in [6.45, 7) is 0.984. The van der Waals surface area contributed by atoms with Crippen LogP contribution in [0, 0.1) is 20.2 Å². The summed E-state index contributed by atoms with van der Waals surface area (Å²) >= 11 is 0. The first kappa shape index (κ1) is 23.4. The zero-order valence-corrected chi connectivity index (χ0v) is 18.6. The Balaban J connectivity index is 1.43. The Bertz CT molecular complexity index is 1310. The number of methoxy groups -OCH3 is 1. The maximum Gasteiger partial charge on any atom is 0.277 e. The monoisotopic (exact) mass is 476 g/mol. The molecule has 0 saturated carbocycles. The standard InChI is InChI=1S/C24H20N4O7/c1-35-22-6-4-16(5-7-22)24(30)26-13-17-3-2-15(8-19(17)14-26)12-25-23(29)18-9-20(27(31)32)11-21(10-18)28(33)34/h2-11H,12-14H2,1H3,(H,25,29). The Morgan fingerprint density at radius 2 is 1.51 bits per heavy atom. The van der Waals surface area contributed by atoms with E-state index in [0.717, 1.165) is 34.9 Å². The molecular weight excluding hydrogens is 456 g/mol. The summed E-state index contributed by atoms with van der Waals surface area (Å²) in [5, 5.41) is 24.7. The van der Waals surface area contributed by atoms with Crippen molar-refractivity contribution in [3.8, 4) is 5.75 Å². The minimum absolute atomic E-state index is 0.106. The zero-order valence-electron chi connectivity index (χ0n) is 18.6. The van der Waals surface area contributed by atoms with Crippen LogP contribution in [0.25, 0.3) is 0 Å². The molecule has 0 radical (unpaired) electrons. The fourth-order valence-corrected chi connectivity index (χ4v) is 3.84. The van der Waals surface area contributed by atoms with Crippen molar-refractivity contribution in [1.29, 1.82) is 0 Å². The van der Waals surface area contributed by atoms with Gasteiger partial charge in [0, 0.05) is 37.3 Å². The van der Waals surface area contributed by atoms with Crippen molar-refractivity contribution in [3.63, 3.8) is 0 Å². The number of hydrogen-bond acceptors (Lipinski definition) is 7. The minimum Gasteiger partial charge on any atom is -0.497 e.